The van der Waals surface area contributed by atoms with Crippen LogP contribution in [-0.4, -0.2) is 42.9 Å². The first-order valence-electron chi connectivity index (χ1n) is 11.0. The third kappa shape index (κ3) is 7.63. The molecule has 9 nitrogen and oxygen atoms in total. The number of amides is 1. The second-order valence-electron chi connectivity index (χ2n) is 7.95. The van der Waals surface area contributed by atoms with Crippen LogP contribution in [0.5, 0.6) is 17.2 Å². The van der Waals surface area contributed by atoms with Gasteiger partial charge in [-0.25, -0.2) is 4.39 Å². The maximum atomic E-state index is 14.7. The Kier molecular flexibility index (Phi) is 9.78. The smallest absolute Gasteiger partial charge is 0.238 e. The van der Waals surface area contributed by atoms with Gasteiger partial charge in [-0.3, -0.25) is 15.1 Å². The van der Waals surface area contributed by atoms with Crippen LogP contribution in [-0.2, 0) is 4.79 Å². The van der Waals surface area contributed by atoms with Gasteiger partial charge in [0.05, 0.1) is 16.6 Å². The van der Waals surface area contributed by atoms with Crippen molar-refractivity contribution in [2.24, 2.45) is 16.2 Å². The van der Waals surface area contributed by atoms with Gasteiger partial charge in [-0.1, -0.05) is 52.7 Å². The van der Waals surface area contributed by atoms with Gasteiger partial charge in [-0.15, -0.1) is 5.11 Å². The first-order chi connectivity index (χ1) is 17.7. The van der Waals surface area contributed by atoms with E-state index in [9.17, 15) is 9.18 Å². The molecule has 12 heteroatoms. The second-order valence-corrected chi connectivity index (χ2v) is 8.77. The number of para-hydroxylation sites is 2. The molecule has 0 bridgehead atoms. The van der Waals surface area contributed by atoms with E-state index in [0.717, 1.165) is 11.6 Å². The topological polar surface area (TPSA) is 125 Å². The number of carbonyl (C=O) groups excluding carboxylic acids is 1. The van der Waals surface area contributed by atoms with Crippen LogP contribution in [0.1, 0.15) is 5.56 Å². The zero-order valence-electron chi connectivity index (χ0n) is 20.0. The Labute approximate surface area is 223 Å². The van der Waals surface area contributed by atoms with Gasteiger partial charge in [-0.05, 0) is 49.9 Å². The van der Waals surface area contributed by atoms with Crippen LogP contribution in [0.25, 0.3) is 0 Å². The van der Waals surface area contributed by atoms with Gasteiger partial charge < -0.3 is 20.6 Å². The van der Waals surface area contributed by atoms with Crippen LogP contribution in [0.15, 0.2) is 71.0 Å². The molecule has 0 aromatic heterocycles. The summed E-state index contributed by atoms with van der Waals surface area (Å²) in [5.74, 6) is 4.47. The van der Waals surface area contributed by atoms with Gasteiger partial charge in [0.25, 0.3) is 0 Å². The summed E-state index contributed by atoms with van der Waals surface area (Å²) >= 11 is 12.3. The van der Waals surface area contributed by atoms with E-state index in [2.05, 4.69) is 15.7 Å². The van der Waals surface area contributed by atoms with E-state index >= 15 is 0 Å². The number of carbonyl (C=O) groups is 1. The Morgan fingerprint density at radius 1 is 1.14 bits per heavy atom. The zero-order chi connectivity index (χ0) is 26.9. The van der Waals surface area contributed by atoms with E-state index in [0.29, 0.717) is 21.5 Å². The molecule has 1 atom stereocenters. The standard InChI is InChI=1S/C25H25Cl2FN6O3/c1-15-6-5-8-18(27)24(15)37-22-11-10-16(12-19(22)28)31-23(35)13-34(2)20(25(29)32-33-30)14-36-21-9-4-3-7-17(21)26/h3-12,20H,13-14H2,1-2H3,(H,31,35)(H3,29,30,32). The number of amidine groups is 1. The van der Waals surface area contributed by atoms with Crippen molar-refractivity contribution in [1.82, 2.24) is 4.90 Å². The minimum absolute atomic E-state index is 0.0382. The number of halogens is 3. The average molecular weight is 547 g/mol. The lowest BCUT2D eigenvalue weighted by Gasteiger charge is -2.26. The summed E-state index contributed by atoms with van der Waals surface area (Å²) in [4.78, 5) is 14.2. The Morgan fingerprint density at radius 3 is 2.54 bits per heavy atom. The number of ether oxygens (including phenoxy) is 2. The van der Waals surface area contributed by atoms with Crippen molar-refractivity contribution in [2.45, 2.75) is 13.0 Å². The summed E-state index contributed by atoms with van der Waals surface area (Å²) in [6, 6.07) is 15.3. The van der Waals surface area contributed by atoms with Crippen molar-refractivity contribution in [3.63, 3.8) is 0 Å². The number of hydrogen-bond donors (Lipinski definition) is 3. The quantitative estimate of drug-likeness (QED) is 0.0965. The first kappa shape index (κ1) is 27.9. The summed E-state index contributed by atoms with van der Waals surface area (Å²) in [7, 11) is 1.60. The van der Waals surface area contributed by atoms with Crippen LogP contribution >= 0.6 is 23.2 Å². The third-order valence-corrected chi connectivity index (χ3v) is 5.84. The molecule has 3 rings (SSSR count). The molecule has 0 fully saturated rings. The second kappa shape index (κ2) is 13.0. The maximum absolute atomic E-state index is 14.7. The largest absolute Gasteiger partial charge is 0.490 e. The lowest BCUT2D eigenvalue weighted by atomic mass is 10.2. The fraction of sp³-hybridized carbons (Fsp3) is 0.200. The molecule has 1 amide bonds. The highest BCUT2D eigenvalue weighted by molar-refractivity contribution is 6.32. The number of nitrogens with two attached hydrogens (primary N) is 1. The Hall–Kier alpha value is -3.73. The number of hydrogen-bond acceptors (Lipinski definition) is 6. The van der Waals surface area contributed by atoms with Crippen molar-refractivity contribution >= 4 is 40.6 Å². The number of anilines is 1. The molecule has 37 heavy (non-hydrogen) atoms. The van der Waals surface area contributed by atoms with E-state index < -0.39 is 17.8 Å². The molecule has 4 N–H and O–H groups in total. The monoisotopic (exact) mass is 546 g/mol. The molecule has 0 spiro atoms. The van der Waals surface area contributed by atoms with Gasteiger partial charge in [0.2, 0.25) is 5.91 Å². The van der Waals surface area contributed by atoms with Gasteiger partial charge >= 0.3 is 0 Å². The van der Waals surface area contributed by atoms with Crippen LogP contribution in [0.4, 0.5) is 10.1 Å². The summed E-state index contributed by atoms with van der Waals surface area (Å²) < 4.78 is 26.1. The first-order valence-corrected chi connectivity index (χ1v) is 11.7. The Morgan fingerprint density at radius 2 is 1.86 bits per heavy atom. The van der Waals surface area contributed by atoms with Crippen molar-refractivity contribution in [3.8, 4) is 17.2 Å². The van der Waals surface area contributed by atoms with E-state index in [1.165, 1.54) is 17.0 Å². The van der Waals surface area contributed by atoms with Crippen molar-refractivity contribution < 1.29 is 18.7 Å². The van der Waals surface area contributed by atoms with Gasteiger partial charge in [0, 0.05) is 11.8 Å². The molecule has 0 saturated carbocycles. The van der Waals surface area contributed by atoms with Gasteiger partial charge in [0.15, 0.2) is 17.4 Å². The van der Waals surface area contributed by atoms with Crippen molar-refractivity contribution in [1.29, 1.82) is 5.41 Å². The number of aryl methyl sites for hydroxylation is 1. The Balaban J connectivity index is 1.65. The SMILES string of the molecule is Cc1cccc(Cl)c1Oc1ccc(NC(=O)CN(C)C(COc2ccccc2Cl)C(=N)N=NN)cc1F. The van der Waals surface area contributed by atoms with E-state index in [4.69, 9.17) is 43.9 Å². The molecule has 0 aliphatic heterocycles. The van der Waals surface area contributed by atoms with Crippen molar-refractivity contribution in [3.05, 3.63) is 82.1 Å². The molecular weight excluding hydrogens is 522 g/mol. The molecule has 0 aliphatic rings. The molecule has 0 radical (unpaired) electrons. The average Bonchev–Trinajstić information content (AvgIpc) is 2.84. The van der Waals surface area contributed by atoms with Crippen LogP contribution in [0.3, 0.4) is 0 Å². The minimum Gasteiger partial charge on any atom is -0.490 e. The number of benzene rings is 3. The molecule has 194 valence electrons. The normalized spacial score (nSPS) is 11.9. The molecular formula is C25H25Cl2FN6O3. The van der Waals surface area contributed by atoms with E-state index in [1.54, 1.807) is 56.4 Å². The third-order valence-electron chi connectivity index (χ3n) is 5.23. The van der Waals surface area contributed by atoms with Crippen LogP contribution in [0, 0.1) is 18.2 Å². The minimum atomic E-state index is -0.777. The lowest BCUT2D eigenvalue weighted by molar-refractivity contribution is -0.117. The summed E-state index contributed by atoms with van der Waals surface area (Å²) in [5, 5.41) is 18.2. The molecule has 0 aliphatic carbocycles. The van der Waals surface area contributed by atoms with Crippen molar-refractivity contribution in [2.75, 3.05) is 25.5 Å². The van der Waals surface area contributed by atoms with E-state index in [-0.39, 0.29) is 30.4 Å². The van der Waals surface area contributed by atoms with Gasteiger partial charge in [-0.2, -0.15) is 0 Å². The van der Waals surface area contributed by atoms with Crippen LogP contribution < -0.4 is 20.6 Å². The highest BCUT2D eigenvalue weighted by Crippen LogP contribution is 2.34. The molecule has 0 saturated heterocycles. The highest BCUT2D eigenvalue weighted by atomic mass is 35.5. The fourth-order valence-electron chi connectivity index (χ4n) is 3.33. The summed E-state index contributed by atoms with van der Waals surface area (Å²) in [6.07, 6.45) is 0. The summed E-state index contributed by atoms with van der Waals surface area (Å²) in [6.45, 7) is 1.58. The predicted molar refractivity (Wildman–Crippen MR) is 141 cm³/mol. The van der Waals surface area contributed by atoms with E-state index in [1.807, 2.05) is 0 Å². The molecule has 0 heterocycles. The van der Waals surface area contributed by atoms with Gasteiger partial charge in [0.1, 0.15) is 24.1 Å². The molecule has 3 aromatic rings. The molecule has 1 unspecified atom stereocenters. The zero-order valence-corrected chi connectivity index (χ0v) is 21.6. The lowest BCUT2D eigenvalue weighted by Crippen LogP contribution is -2.45. The number of nitrogens with one attached hydrogen (secondary N) is 2. The number of nitrogens with zero attached hydrogens (tertiary/aromatic N) is 3. The number of rotatable bonds is 10. The Bertz CT molecular complexity index is 1290. The number of likely N-dealkylation sites (N-methyl/N-ethyl adjacent to an activating group) is 1. The summed E-state index contributed by atoms with van der Waals surface area (Å²) in [5.41, 5.74) is 0.972. The van der Waals surface area contributed by atoms with Crippen LogP contribution in [0.2, 0.25) is 10.0 Å². The maximum Gasteiger partial charge on any atom is 0.238 e. The highest BCUT2D eigenvalue weighted by Gasteiger charge is 2.24. The molecule has 3 aromatic carbocycles. The fourth-order valence-corrected chi connectivity index (χ4v) is 3.78. The predicted octanol–water partition coefficient (Wildman–Crippen LogP) is 5.85.